The molecule has 0 amide bonds. The number of aryl methyl sites for hydroxylation is 2. The highest BCUT2D eigenvalue weighted by Gasteiger charge is 2.14. The molecule has 0 radical (unpaired) electrons. The van der Waals surface area contributed by atoms with E-state index in [-0.39, 0.29) is 5.76 Å². The van der Waals surface area contributed by atoms with Crippen molar-refractivity contribution in [2.75, 3.05) is 7.05 Å². The van der Waals surface area contributed by atoms with Gasteiger partial charge in [0, 0.05) is 18.7 Å². The molecular formula is C16H19NO3. The van der Waals surface area contributed by atoms with Gasteiger partial charge in [0.05, 0.1) is 0 Å². The Bertz CT molecular complexity index is 616. The third-order valence-electron chi connectivity index (χ3n) is 3.21. The van der Waals surface area contributed by atoms with Gasteiger partial charge in [-0.3, -0.25) is 4.90 Å². The number of carboxylic acids is 1. The van der Waals surface area contributed by atoms with Crippen molar-refractivity contribution in [1.29, 1.82) is 0 Å². The zero-order valence-electron chi connectivity index (χ0n) is 12.0. The second kappa shape index (κ2) is 5.92. The quantitative estimate of drug-likeness (QED) is 0.908. The van der Waals surface area contributed by atoms with Crippen molar-refractivity contribution in [3.05, 3.63) is 58.5 Å². The molecule has 2 rings (SSSR count). The van der Waals surface area contributed by atoms with Gasteiger partial charge in [0.15, 0.2) is 0 Å². The van der Waals surface area contributed by atoms with Gasteiger partial charge >= 0.3 is 5.97 Å². The van der Waals surface area contributed by atoms with Gasteiger partial charge in [-0.05, 0) is 32.5 Å². The Kier molecular flexibility index (Phi) is 4.25. The lowest BCUT2D eigenvalue weighted by Gasteiger charge is -2.16. The number of furan rings is 1. The molecule has 4 nitrogen and oxygen atoms in total. The minimum atomic E-state index is -1.03. The highest BCUT2D eigenvalue weighted by atomic mass is 16.4. The van der Waals surface area contributed by atoms with Gasteiger partial charge < -0.3 is 9.52 Å². The van der Waals surface area contributed by atoms with Crippen LogP contribution in [0.4, 0.5) is 0 Å². The molecule has 1 heterocycles. The van der Waals surface area contributed by atoms with Crippen molar-refractivity contribution in [1.82, 2.24) is 4.90 Å². The molecule has 1 aromatic heterocycles. The maximum Gasteiger partial charge on any atom is 0.371 e. The van der Waals surface area contributed by atoms with Crippen molar-refractivity contribution in [3.8, 4) is 0 Å². The SMILES string of the molecule is Cc1cccc(CN(C)Cc2cc(C(=O)O)oc2C)c1. The van der Waals surface area contributed by atoms with E-state index in [0.29, 0.717) is 12.3 Å². The molecule has 0 aliphatic rings. The Hall–Kier alpha value is -2.07. The van der Waals surface area contributed by atoms with E-state index in [2.05, 4.69) is 30.0 Å². The van der Waals surface area contributed by atoms with Crippen molar-refractivity contribution < 1.29 is 14.3 Å². The van der Waals surface area contributed by atoms with Crippen LogP contribution in [0.25, 0.3) is 0 Å². The van der Waals surface area contributed by atoms with Gasteiger partial charge in [-0.2, -0.15) is 0 Å². The molecule has 0 fully saturated rings. The summed E-state index contributed by atoms with van der Waals surface area (Å²) >= 11 is 0. The summed E-state index contributed by atoms with van der Waals surface area (Å²) in [6.45, 7) is 5.34. The average Bonchev–Trinajstić information content (AvgIpc) is 2.71. The van der Waals surface area contributed by atoms with Crippen LogP contribution in [0.2, 0.25) is 0 Å². The second-order valence-electron chi connectivity index (χ2n) is 5.16. The van der Waals surface area contributed by atoms with Crippen LogP contribution in [0.5, 0.6) is 0 Å². The fourth-order valence-corrected chi connectivity index (χ4v) is 2.25. The number of carbonyl (C=O) groups is 1. The van der Waals surface area contributed by atoms with Crippen LogP contribution in [0.1, 0.15) is 33.0 Å². The maximum atomic E-state index is 10.9. The molecular weight excluding hydrogens is 254 g/mol. The molecule has 2 aromatic rings. The predicted octanol–water partition coefficient (Wildman–Crippen LogP) is 3.23. The molecule has 0 spiro atoms. The summed E-state index contributed by atoms with van der Waals surface area (Å²) in [5, 5.41) is 8.92. The molecule has 0 unspecified atom stereocenters. The fraction of sp³-hybridized carbons (Fsp3) is 0.312. The van der Waals surface area contributed by atoms with E-state index in [4.69, 9.17) is 9.52 Å². The van der Waals surface area contributed by atoms with Crippen LogP contribution >= 0.6 is 0 Å². The van der Waals surface area contributed by atoms with Gasteiger partial charge in [0.2, 0.25) is 5.76 Å². The summed E-state index contributed by atoms with van der Waals surface area (Å²) in [7, 11) is 2.01. The van der Waals surface area contributed by atoms with E-state index in [0.717, 1.165) is 12.1 Å². The topological polar surface area (TPSA) is 53.7 Å². The van der Waals surface area contributed by atoms with Gasteiger partial charge in [-0.25, -0.2) is 4.79 Å². The molecule has 0 atom stereocenters. The Morgan fingerprint density at radius 1 is 1.25 bits per heavy atom. The molecule has 0 saturated carbocycles. The van der Waals surface area contributed by atoms with Crippen LogP contribution in [-0.4, -0.2) is 23.0 Å². The third-order valence-corrected chi connectivity index (χ3v) is 3.21. The highest BCUT2D eigenvalue weighted by Crippen LogP contribution is 2.17. The van der Waals surface area contributed by atoms with Crippen LogP contribution in [0.3, 0.4) is 0 Å². The summed E-state index contributed by atoms with van der Waals surface area (Å²) in [5.41, 5.74) is 3.40. The normalized spacial score (nSPS) is 11.0. The summed E-state index contributed by atoms with van der Waals surface area (Å²) in [6, 6.07) is 9.97. The van der Waals surface area contributed by atoms with Crippen molar-refractivity contribution >= 4 is 5.97 Å². The fourth-order valence-electron chi connectivity index (χ4n) is 2.25. The van der Waals surface area contributed by atoms with Crippen LogP contribution in [0, 0.1) is 13.8 Å². The molecule has 1 N–H and O–H groups in total. The second-order valence-corrected chi connectivity index (χ2v) is 5.16. The number of hydrogen-bond acceptors (Lipinski definition) is 3. The first-order valence-corrected chi connectivity index (χ1v) is 6.52. The minimum Gasteiger partial charge on any atom is -0.475 e. The van der Waals surface area contributed by atoms with Gasteiger partial charge in [-0.15, -0.1) is 0 Å². The average molecular weight is 273 g/mol. The summed E-state index contributed by atoms with van der Waals surface area (Å²) in [4.78, 5) is 13.0. The van der Waals surface area contributed by atoms with Crippen LogP contribution in [-0.2, 0) is 13.1 Å². The largest absolute Gasteiger partial charge is 0.475 e. The van der Waals surface area contributed by atoms with Crippen molar-refractivity contribution in [2.45, 2.75) is 26.9 Å². The Morgan fingerprint density at radius 3 is 2.60 bits per heavy atom. The van der Waals surface area contributed by atoms with Crippen LogP contribution < -0.4 is 0 Å². The van der Waals surface area contributed by atoms with E-state index in [1.165, 1.54) is 11.1 Å². The maximum absolute atomic E-state index is 10.9. The first kappa shape index (κ1) is 14.3. The summed E-state index contributed by atoms with van der Waals surface area (Å²) in [6.07, 6.45) is 0. The lowest BCUT2D eigenvalue weighted by Crippen LogP contribution is -2.17. The predicted molar refractivity (Wildman–Crippen MR) is 76.8 cm³/mol. The number of nitrogens with zero attached hydrogens (tertiary/aromatic N) is 1. The van der Waals surface area contributed by atoms with E-state index in [9.17, 15) is 4.79 Å². The molecule has 0 aliphatic heterocycles. The Balaban J connectivity index is 2.04. The van der Waals surface area contributed by atoms with Crippen LogP contribution in [0.15, 0.2) is 34.7 Å². The molecule has 4 heteroatoms. The van der Waals surface area contributed by atoms with Crippen molar-refractivity contribution in [2.24, 2.45) is 0 Å². The molecule has 1 aromatic carbocycles. The first-order chi connectivity index (χ1) is 9.45. The zero-order valence-corrected chi connectivity index (χ0v) is 12.0. The zero-order chi connectivity index (χ0) is 14.7. The lowest BCUT2D eigenvalue weighted by molar-refractivity contribution is 0.0661. The van der Waals surface area contributed by atoms with Gasteiger partial charge in [0.25, 0.3) is 0 Å². The van der Waals surface area contributed by atoms with Gasteiger partial charge in [0.1, 0.15) is 5.76 Å². The highest BCUT2D eigenvalue weighted by molar-refractivity contribution is 5.84. The monoisotopic (exact) mass is 273 g/mol. The van der Waals surface area contributed by atoms with Gasteiger partial charge in [-0.1, -0.05) is 29.8 Å². The molecule has 20 heavy (non-hydrogen) atoms. The molecule has 0 bridgehead atoms. The van der Waals surface area contributed by atoms with E-state index in [1.807, 2.05) is 13.1 Å². The first-order valence-electron chi connectivity index (χ1n) is 6.52. The number of aromatic carboxylic acids is 1. The molecule has 0 saturated heterocycles. The lowest BCUT2D eigenvalue weighted by atomic mass is 10.1. The van der Waals surface area contributed by atoms with E-state index >= 15 is 0 Å². The molecule has 0 aliphatic carbocycles. The van der Waals surface area contributed by atoms with E-state index in [1.54, 1.807) is 13.0 Å². The Labute approximate surface area is 118 Å². The third kappa shape index (κ3) is 3.48. The summed E-state index contributed by atoms with van der Waals surface area (Å²) < 4.78 is 5.22. The van der Waals surface area contributed by atoms with Crippen molar-refractivity contribution in [3.63, 3.8) is 0 Å². The summed E-state index contributed by atoms with van der Waals surface area (Å²) in [5.74, 6) is -0.361. The standard InChI is InChI=1S/C16H19NO3/c1-11-5-4-6-13(7-11)9-17(3)10-14-8-15(16(18)19)20-12(14)2/h4-8H,9-10H2,1-3H3,(H,18,19). The molecule has 106 valence electrons. The number of carboxylic acid groups (broad SMARTS) is 1. The number of hydrogen-bond donors (Lipinski definition) is 1. The number of rotatable bonds is 5. The minimum absolute atomic E-state index is 0.00135. The smallest absolute Gasteiger partial charge is 0.371 e. The Morgan fingerprint density at radius 2 is 2.00 bits per heavy atom. The number of benzene rings is 1. The van der Waals surface area contributed by atoms with E-state index < -0.39 is 5.97 Å².